The van der Waals surface area contributed by atoms with Gasteiger partial charge in [0.1, 0.15) is 12.3 Å². The first kappa shape index (κ1) is 23.5. The number of carbonyl (C=O) groups excluding carboxylic acids is 1. The van der Waals surface area contributed by atoms with Gasteiger partial charge in [-0.05, 0) is 61.5 Å². The molecule has 0 saturated heterocycles. The van der Waals surface area contributed by atoms with E-state index in [1.54, 1.807) is 67.7 Å². The number of hydrogen-bond acceptors (Lipinski definition) is 6. The van der Waals surface area contributed by atoms with Crippen LogP contribution in [0.25, 0.3) is 10.2 Å². The van der Waals surface area contributed by atoms with Crippen molar-refractivity contribution in [3.05, 3.63) is 82.5 Å². The van der Waals surface area contributed by atoms with Crippen molar-refractivity contribution in [1.82, 2.24) is 4.57 Å². The summed E-state index contributed by atoms with van der Waals surface area (Å²) in [5.41, 5.74) is 1.60. The Balaban J connectivity index is 1.61. The Morgan fingerprint density at radius 2 is 1.76 bits per heavy atom. The number of nitrogens with zero attached hydrogens (tertiary/aromatic N) is 2. The quantitative estimate of drug-likeness (QED) is 0.399. The lowest BCUT2D eigenvalue weighted by Gasteiger charge is -2.24. The van der Waals surface area contributed by atoms with Gasteiger partial charge in [0.15, 0.2) is 0 Å². The molecule has 176 valence electrons. The summed E-state index contributed by atoms with van der Waals surface area (Å²) >= 11 is 1.08. The molecule has 0 saturated carbocycles. The van der Waals surface area contributed by atoms with Gasteiger partial charge in [-0.3, -0.25) is 13.9 Å². The molecule has 0 atom stereocenters. The van der Waals surface area contributed by atoms with Crippen molar-refractivity contribution >= 4 is 48.9 Å². The number of rotatable bonds is 8. The number of nitrogens with one attached hydrogen (secondary N) is 1. The van der Waals surface area contributed by atoms with Gasteiger partial charge in [-0.1, -0.05) is 29.5 Å². The van der Waals surface area contributed by atoms with Crippen molar-refractivity contribution in [3.63, 3.8) is 0 Å². The van der Waals surface area contributed by atoms with E-state index < -0.39 is 22.5 Å². The Labute approximate surface area is 201 Å². The maximum absolute atomic E-state index is 13.5. The molecule has 1 amide bonds. The van der Waals surface area contributed by atoms with Crippen LogP contribution >= 0.6 is 11.3 Å². The van der Waals surface area contributed by atoms with Crippen LogP contribution in [-0.2, 0) is 21.9 Å². The number of aryl methyl sites for hydroxylation is 1. The van der Waals surface area contributed by atoms with Crippen LogP contribution in [0.4, 0.5) is 11.4 Å². The second-order valence-corrected chi connectivity index (χ2v) is 10.3. The minimum atomic E-state index is -4.04. The lowest BCUT2D eigenvalue weighted by molar-refractivity contribution is -0.114. The molecule has 4 rings (SSSR count). The maximum atomic E-state index is 13.5. The molecule has 0 unspecified atom stereocenters. The molecule has 3 aromatic carbocycles. The first-order valence-electron chi connectivity index (χ1n) is 10.5. The number of ether oxygens (including phenoxy) is 1. The van der Waals surface area contributed by atoms with Gasteiger partial charge in [-0.2, -0.15) is 0 Å². The number of carbonyl (C=O) groups is 1. The van der Waals surface area contributed by atoms with E-state index in [4.69, 9.17) is 4.74 Å². The molecule has 0 aliphatic carbocycles. The molecular formula is C24H23N3O5S2. The fourth-order valence-electron chi connectivity index (χ4n) is 3.45. The van der Waals surface area contributed by atoms with Crippen LogP contribution in [-0.4, -0.2) is 32.0 Å². The lowest BCUT2D eigenvalue weighted by atomic mass is 10.3. The Morgan fingerprint density at radius 3 is 2.44 bits per heavy atom. The summed E-state index contributed by atoms with van der Waals surface area (Å²) in [7, 11) is -2.35. The van der Waals surface area contributed by atoms with Crippen LogP contribution in [0.3, 0.4) is 0 Å². The zero-order valence-corrected chi connectivity index (χ0v) is 20.2. The van der Waals surface area contributed by atoms with Crippen molar-refractivity contribution in [2.24, 2.45) is 7.05 Å². The highest BCUT2D eigenvalue weighted by Gasteiger charge is 2.27. The summed E-state index contributed by atoms with van der Waals surface area (Å²) < 4.78 is 35.7. The minimum Gasteiger partial charge on any atom is -0.494 e. The molecule has 1 aromatic heterocycles. The third-order valence-corrected chi connectivity index (χ3v) is 7.91. The standard InChI is InChI=1S/C24H23N3O5S2/c1-3-32-19-10-12-20(13-11-19)34(30,31)27(18-7-5-4-6-8-18)16-23(28)25-17-9-14-21-22(15-17)33-24(29)26(21)2/h4-15H,3,16H2,1-2H3,(H,25,28). The van der Waals surface area contributed by atoms with Gasteiger partial charge < -0.3 is 14.6 Å². The van der Waals surface area contributed by atoms with E-state index in [0.29, 0.717) is 23.7 Å². The molecule has 1 heterocycles. The second kappa shape index (κ2) is 9.70. The summed E-state index contributed by atoms with van der Waals surface area (Å²) in [6.45, 7) is 1.88. The molecule has 10 heteroatoms. The molecule has 8 nitrogen and oxygen atoms in total. The molecule has 0 aliphatic heterocycles. The molecule has 34 heavy (non-hydrogen) atoms. The normalized spacial score (nSPS) is 11.4. The molecule has 0 spiro atoms. The lowest BCUT2D eigenvalue weighted by Crippen LogP contribution is -2.38. The monoisotopic (exact) mass is 497 g/mol. The molecule has 0 bridgehead atoms. The van der Waals surface area contributed by atoms with Crippen LogP contribution < -0.4 is 19.2 Å². The van der Waals surface area contributed by atoms with E-state index in [2.05, 4.69) is 5.32 Å². The molecule has 1 N–H and O–H groups in total. The summed E-state index contributed by atoms with van der Waals surface area (Å²) in [5, 5.41) is 2.74. The Morgan fingerprint density at radius 1 is 1.06 bits per heavy atom. The predicted molar refractivity (Wildman–Crippen MR) is 134 cm³/mol. The molecule has 0 fully saturated rings. The fourth-order valence-corrected chi connectivity index (χ4v) is 5.79. The van der Waals surface area contributed by atoms with Crippen molar-refractivity contribution in [2.75, 3.05) is 22.8 Å². The van der Waals surface area contributed by atoms with E-state index in [9.17, 15) is 18.0 Å². The number of benzene rings is 3. The smallest absolute Gasteiger partial charge is 0.307 e. The topological polar surface area (TPSA) is 97.7 Å². The van der Waals surface area contributed by atoms with Gasteiger partial charge >= 0.3 is 4.87 Å². The van der Waals surface area contributed by atoms with Crippen molar-refractivity contribution < 1.29 is 17.9 Å². The highest BCUT2D eigenvalue weighted by molar-refractivity contribution is 7.92. The van der Waals surface area contributed by atoms with Crippen molar-refractivity contribution in [1.29, 1.82) is 0 Å². The third-order valence-electron chi connectivity index (χ3n) is 5.13. The van der Waals surface area contributed by atoms with Gasteiger partial charge in [0.2, 0.25) is 5.91 Å². The van der Waals surface area contributed by atoms with Gasteiger partial charge in [-0.15, -0.1) is 0 Å². The largest absolute Gasteiger partial charge is 0.494 e. The van der Waals surface area contributed by atoms with E-state index in [-0.39, 0.29) is 9.77 Å². The summed E-state index contributed by atoms with van der Waals surface area (Å²) in [6, 6.07) is 19.7. The fraction of sp³-hybridized carbons (Fsp3) is 0.167. The second-order valence-electron chi connectivity index (χ2n) is 7.41. The summed E-state index contributed by atoms with van der Waals surface area (Å²) in [4.78, 5) is 24.8. The number of hydrogen-bond donors (Lipinski definition) is 1. The van der Waals surface area contributed by atoms with E-state index in [1.807, 2.05) is 6.92 Å². The zero-order valence-electron chi connectivity index (χ0n) is 18.6. The molecule has 0 radical (unpaired) electrons. The summed E-state index contributed by atoms with van der Waals surface area (Å²) in [5.74, 6) is 0.0463. The predicted octanol–water partition coefficient (Wildman–Crippen LogP) is 3.83. The number of anilines is 2. The number of sulfonamides is 1. The molecular weight excluding hydrogens is 474 g/mol. The van der Waals surface area contributed by atoms with Gasteiger partial charge in [-0.25, -0.2) is 8.42 Å². The Kier molecular flexibility index (Phi) is 6.71. The van der Waals surface area contributed by atoms with Gasteiger partial charge in [0, 0.05) is 12.7 Å². The van der Waals surface area contributed by atoms with Crippen LogP contribution in [0.5, 0.6) is 5.75 Å². The zero-order chi connectivity index (χ0) is 24.3. The van der Waals surface area contributed by atoms with Crippen LogP contribution in [0, 0.1) is 0 Å². The van der Waals surface area contributed by atoms with Crippen LogP contribution in [0.1, 0.15) is 6.92 Å². The number of fused-ring (bicyclic) bond motifs is 1. The SMILES string of the molecule is CCOc1ccc(S(=O)(=O)N(CC(=O)Nc2ccc3c(c2)sc(=O)n3C)c2ccccc2)cc1. The number of amides is 1. The van der Waals surface area contributed by atoms with E-state index >= 15 is 0 Å². The van der Waals surface area contributed by atoms with Gasteiger partial charge in [0.05, 0.1) is 27.4 Å². The third kappa shape index (κ3) is 4.82. The first-order chi connectivity index (χ1) is 16.3. The maximum Gasteiger partial charge on any atom is 0.307 e. The summed E-state index contributed by atoms with van der Waals surface area (Å²) in [6.07, 6.45) is 0. The first-order valence-corrected chi connectivity index (χ1v) is 12.8. The number of aromatic nitrogens is 1. The average Bonchev–Trinajstić information content (AvgIpc) is 3.11. The van der Waals surface area contributed by atoms with Crippen molar-refractivity contribution in [3.8, 4) is 5.75 Å². The Hall–Kier alpha value is -3.63. The van der Waals surface area contributed by atoms with Crippen molar-refractivity contribution in [2.45, 2.75) is 11.8 Å². The minimum absolute atomic E-state index is 0.0445. The highest BCUT2D eigenvalue weighted by atomic mass is 32.2. The van der Waals surface area contributed by atoms with E-state index in [0.717, 1.165) is 25.9 Å². The number of thiazole rings is 1. The highest BCUT2D eigenvalue weighted by Crippen LogP contribution is 2.26. The Bertz CT molecular complexity index is 1480. The number of para-hydroxylation sites is 1. The van der Waals surface area contributed by atoms with E-state index in [1.165, 1.54) is 16.7 Å². The van der Waals surface area contributed by atoms with Gasteiger partial charge in [0.25, 0.3) is 10.0 Å². The average molecular weight is 498 g/mol. The molecule has 4 aromatic rings. The van der Waals surface area contributed by atoms with Crippen LogP contribution in [0.15, 0.2) is 82.5 Å². The van der Waals surface area contributed by atoms with Crippen LogP contribution in [0.2, 0.25) is 0 Å². The molecule has 0 aliphatic rings.